The first-order valence-corrected chi connectivity index (χ1v) is 11.8. The number of amides is 1. The molecule has 0 radical (unpaired) electrons. The maximum atomic E-state index is 12.4. The fourth-order valence-electron chi connectivity index (χ4n) is 4.59. The number of piperazine rings is 1. The van der Waals surface area contributed by atoms with E-state index >= 15 is 0 Å². The van der Waals surface area contributed by atoms with Crippen LogP contribution in [-0.4, -0.2) is 47.7 Å². The van der Waals surface area contributed by atoms with Gasteiger partial charge in [0.1, 0.15) is 12.2 Å². The van der Waals surface area contributed by atoms with Gasteiger partial charge >= 0.3 is 12.1 Å². The highest BCUT2D eigenvalue weighted by Gasteiger charge is 2.46. The molecule has 3 aliphatic heterocycles. The Morgan fingerprint density at radius 3 is 2.24 bits per heavy atom. The van der Waals surface area contributed by atoms with Crippen LogP contribution in [0.5, 0.6) is 0 Å². The van der Waals surface area contributed by atoms with Crippen LogP contribution in [0.3, 0.4) is 0 Å². The molecule has 0 spiro atoms. The van der Waals surface area contributed by atoms with Crippen LogP contribution in [0, 0.1) is 0 Å². The maximum absolute atomic E-state index is 12.4. The molecule has 2 atom stereocenters. The predicted octanol–water partition coefficient (Wildman–Crippen LogP) is 4.95. The molecule has 5 rings (SSSR count). The zero-order valence-electron chi connectivity index (χ0n) is 19.8. The van der Waals surface area contributed by atoms with Crippen LogP contribution < -0.4 is 4.90 Å². The summed E-state index contributed by atoms with van der Waals surface area (Å²) in [6.45, 7) is 7.44. The van der Waals surface area contributed by atoms with Crippen LogP contribution in [0.2, 0.25) is 0 Å². The summed E-state index contributed by atoms with van der Waals surface area (Å²) in [6.07, 6.45) is 2.94. The maximum Gasteiger partial charge on any atom is 0.410 e. The summed E-state index contributed by atoms with van der Waals surface area (Å²) in [6, 6.07) is 19.0. The molecular weight excluding hydrogens is 416 g/mol. The lowest BCUT2D eigenvalue weighted by molar-refractivity contribution is -0.145. The average Bonchev–Trinajstić information content (AvgIpc) is 2.78. The second-order valence-corrected chi connectivity index (χ2v) is 10.0. The molecule has 1 amide bonds. The van der Waals surface area contributed by atoms with E-state index in [1.165, 1.54) is 11.3 Å². The topological polar surface area (TPSA) is 59.1 Å². The molecule has 3 heterocycles. The van der Waals surface area contributed by atoms with Gasteiger partial charge in [-0.15, -0.1) is 0 Å². The van der Waals surface area contributed by atoms with E-state index in [0.717, 1.165) is 24.8 Å². The zero-order valence-corrected chi connectivity index (χ0v) is 19.8. The number of benzene rings is 2. The van der Waals surface area contributed by atoms with Crippen molar-refractivity contribution in [3.05, 3.63) is 65.7 Å². The molecule has 2 bridgehead atoms. The largest absolute Gasteiger partial charge is 0.461 e. The Hall–Kier alpha value is -3.02. The molecule has 0 N–H and O–H groups in total. The zero-order chi connectivity index (χ0) is 23.4. The smallest absolute Gasteiger partial charge is 0.410 e. The van der Waals surface area contributed by atoms with Crippen molar-refractivity contribution in [2.24, 2.45) is 0 Å². The first-order chi connectivity index (χ1) is 15.8. The number of ether oxygens (including phenoxy) is 2. The number of anilines is 1. The van der Waals surface area contributed by atoms with E-state index in [1.54, 1.807) is 0 Å². The summed E-state index contributed by atoms with van der Waals surface area (Å²) in [5.41, 5.74) is 2.96. The molecule has 0 aliphatic carbocycles. The van der Waals surface area contributed by atoms with Crippen molar-refractivity contribution in [3.8, 4) is 0 Å². The highest BCUT2D eigenvalue weighted by atomic mass is 16.6. The minimum Gasteiger partial charge on any atom is -0.461 e. The highest BCUT2D eigenvalue weighted by molar-refractivity contribution is 5.70. The number of hydrogen-bond donors (Lipinski definition) is 0. The minimum absolute atomic E-state index is 0.154. The van der Waals surface area contributed by atoms with Crippen LogP contribution in [0.15, 0.2) is 54.6 Å². The van der Waals surface area contributed by atoms with Crippen molar-refractivity contribution in [3.63, 3.8) is 0 Å². The van der Waals surface area contributed by atoms with Gasteiger partial charge in [-0.05, 0) is 63.3 Å². The first kappa shape index (κ1) is 23.1. The fourth-order valence-corrected chi connectivity index (χ4v) is 4.59. The average molecular weight is 451 g/mol. The number of aryl methyl sites for hydroxylation is 1. The Bertz CT molecular complexity index is 940. The molecule has 33 heavy (non-hydrogen) atoms. The van der Waals surface area contributed by atoms with Gasteiger partial charge in [-0.25, -0.2) is 4.79 Å². The van der Waals surface area contributed by atoms with Gasteiger partial charge in [0, 0.05) is 37.3 Å². The summed E-state index contributed by atoms with van der Waals surface area (Å²) in [5, 5.41) is 0. The molecule has 3 aliphatic rings. The van der Waals surface area contributed by atoms with Gasteiger partial charge in [-0.3, -0.25) is 4.79 Å². The molecule has 3 fully saturated rings. The fraction of sp³-hybridized carbons (Fsp3) is 0.481. The van der Waals surface area contributed by atoms with Gasteiger partial charge in [0.2, 0.25) is 0 Å². The molecule has 2 aromatic carbocycles. The van der Waals surface area contributed by atoms with Gasteiger partial charge in [0.25, 0.3) is 0 Å². The Morgan fingerprint density at radius 1 is 0.939 bits per heavy atom. The Labute approximate surface area is 196 Å². The number of esters is 1. The summed E-state index contributed by atoms with van der Waals surface area (Å²) in [7, 11) is 0. The van der Waals surface area contributed by atoms with Gasteiger partial charge in [0.05, 0.1) is 0 Å². The third-order valence-electron chi connectivity index (χ3n) is 6.17. The summed E-state index contributed by atoms with van der Waals surface area (Å²) >= 11 is 0. The molecular formula is C27H34N2O4. The number of fused-ring (bicyclic) bond motifs is 2. The van der Waals surface area contributed by atoms with Crippen LogP contribution in [0.25, 0.3) is 0 Å². The molecule has 0 aromatic heterocycles. The van der Waals surface area contributed by atoms with Crippen LogP contribution >= 0.6 is 0 Å². The quantitative estimate of drug-likeness (QED) is 0.559. The lowest BCUT2D eigenvalue weighted by atomic mass is 9.86. The molecule has 6 nitrogen and oxygen atoms in total. The molecule has 6 heteroatoms. The summed E-state index contributed by atoms with van der Waals surface area (Å²) in [5.74, 6) is -0.154. The van der Waals surface area contributed by atoms with Crippen LogP contribution in [0.4, 0.5) is 10.5 Å². The number of hydrogen-bond acceptors (Lipinski definition) is 5. The Balaban J connectivity index is 1.20. The number of carbonyl (C=O) groups is 2. The van der Waals surface area contributed by atoms with Crippen molar-refractivity contribution in [1.82, 2.24) is 4.90 Å². The van der Waals surface area contributed by atoms with Crippen molar-refractivity contribution < 1.29 is 19.1 Å². The number of piperidine rings is 1. The van der Waals surface area contributed by atoms with Crippen molar-refractivity contribution in [2.75, 3.05) is 18.0 Å². The molecule has 0 saturated carbocycles. The standard InChI is InChI=1S/C27H34N2O4/c1-27(2,3)33-26(31)28-17-23-16-24(18-28)29(23)22-14-12-20(13-15-22)10-7-11-25(30)32-19-21-8-5-4-6-9-21/h4-6,8-9,12-15,23-24H,7,10-11,16-19H2,1-3H3. The van der Waals surface area contributed by atoms with E-state index in [9.17, 15) is 9.59 Å². The van der Waals surface area contributed by atoms with Gasteiger partial charge in [-0.2, -0.15) is 0 Å². The molecule has 2 unspecified atom stereocenters. The van der Waals surface area contributed by atoms with Crippen molar-refractivity contribution in [1.29, 1.82) is 0 Å². The molecule has 3 saturated heterocycles. The van der Waals surface area contributed by atoms with Crippen molar-refractivity contribution in [2.45, 2.75) is 70.7 Å². The molecule has 176 valence electrons. The predicted molar refractivity (Wildman–Crippen MR) is 128 cm³/mol. The Kier molecular flexibility index (Phi) is 6.91. The number of rotatable bonds is 7. The second-order valence-electron chi connectivity index (χ2n) is 10.0. The van der Waals surface area contributed by atoms with Gasteiger partial charge < -0.3 is 19.3 Å². The number of nitrogens with zero attached hydrogens (tertiary/aromatic N) is 2. The lowest BCUT2D eigenvalue weighted by Crippen LogP contribution is -2.70. The minimum atomic E-state index is -0.465. The van der Waals surface area contributed by atoms with Gasteiger partial charge in [0.15, 0.2) is 0 Å². The van der Waals surface area contributed by atoms with E-state index < -0.39 is 5.60 Å². The molecule has 2 aromatic rings. The third-order valence-corrected chi connectivity index (χ3v) is 6.17. The lowest BCUT2D eigenvalue weighted by Gasteiger charge is -2.57. The SMILES string of the molecule is CC(C)(C)OC(=O)N1CC2CC(C1)N2c1ccc(CCCC(=O)OCc2ccccc2)cc1. The van der Waals surface area contributed by atoms with E-state index in [0.29, 0.717) is 38.2 Å². The second kappa shape index (κ2) is 9.86. The summed E-state index contributed by atoms with van der Waals surface area (Å²) in [4.78, 5) is 28.6. The monoisotopic (exact) mass is 450 g/mol. The third kappa shape index (κ3) is 6.06. The summed E-state index contributed by atoms with van der Waals surface area (Å²) < 4.78 is 10.9. The van der Waals surface area contributed by atoms with E-state index in [1.807, 2.05) is 56.0 Å². The van der Waals surface area contributed by atoms with E-state index in [4.69, 9.17) is 9.47 Å². The van der Waals surface area contributed by atoms with Crippen LogP contribution in [0.1, 0.15) is 51.2 Å². The van der Waals surface area contributed by atoms with Gasteiger partial charge in [-0.1, -0.05) is 42.5 Å². The highest BCUT2D eigenvalue weighted by Crippen LogP contribution is 2.37. The normalized spacial score (nSPS) is 19.6. The van der Waals surface area contributed by atoms with E-state index in [-0.39, 0.29) is 12.1 Å². The van der Waals surface area contributed by atoms with Crippen LogP contribution in [-0.2, 0) is 27.3 Å². The van der Waals surface area contributed by atoms with E-state index in [2.05, 4.69) is 29.2 Å². The first-order valence-electron chi connectivity index (χ1n) is 11.8. The Morgan fingerprint density at radius 2 is 1.61 bits per heavy atom. The number of carbonyl (C=O) groups excluding carboxylic acids is 2. The van der Waals surface area contributed by atoms with Crippen molar-refractivity contribution >= 4 is 17.7 Å².